The molecule has 0 aromatic heterocycles. The average molecular weight is 316 g/mol. The molecule has 1 fully saturated rings. The van der Waals surface area contributed by atoms with Crippen molar-refractivity contribution in [2.45, 2.75) is 104 Å². The van der Waals surface area contributed by atoms with Gasteiger partial charge in [-0.15, -0.1) is 0 Å². The zero-order chi connectivity index (χ0) is 16.5. The Morgan fingerprint density at radius 1 is 1.00 bits per heavy atom. The predicted molar refractivity (Wildman–Crippen MR) is 99.1 cm³/mol. The van der Waals surface area contributed by atoms with E-state index in [-0.39, 0.29) is 5.41 Å². The van der Waals surface area contributed by atoms with Gasteiger partial charge in [-0.25, -0.2) is 0 Å². The molecule has 1 atom stereocenters. The first-order valence-electron chi connectivity index (χ1n) is 10.3. The van der Waals surface area contributed by atoms with Gasteiger partial charge in [0.2, 0.25) is 0 Å². The van der Waals surface area contributed by atoms with Crippen molar-refractivity contribution in [2.75, 3.05) is 0 Å². The summed E-state index contributed by atoms with van der Waals surface area (Å²) in [6.45, 7) is 4.57. The van der Waals surface area contributed by atoms with E-state index in [1.165, 1.54) is 82.6 Å². The fourth-order valence-corrected chi connectivity index (χ4v) is 4.72. The van der Waals surface area contributed by atoms with E-state index in [1.807, 2.05) is 0 Å². The zero-order valence-electron chi connectivity index (χ0n) is 15.6. The van der Waals surface area contributed by atoms with Crippen LogP contribution in [0, 0.1) is 28.6 Å². The fourth-order valence-electron chi connectivity index (χ4n) is 4.72. The lowest BCUT2D eigenvalue weighted by Crippen LogP contribution is -2.29. The maximum Gasteiger partial charge on any atom is 0.0782 e. The molecule has 23 heavy (non-hydrogen) atoms. The van der Waals surface area contributed by atoms with Crippen LogP contribution in [0.25, 0.3) is 0 Å². The van der Waals surface area contributed by atoms with Crippen LogP contribution in [0.1, 0.15) is 104 Å². The molecule has 0 heterocycles. The van der Waals surface area contributed by atoms with Gasteiger partial charge in [0.1, 0.15) is 0 Å². The van der Waals surface area contributed by atoms with Crippen molar-refractivity contribution in [2.24, 2.45) is 17.3 Å². The Morgan fingerprint density at radius 2 is 1.70 bits per heavy atom. The molecule has 0 amide bonds. The van der Waals surface area contributed by atoms with Crippen LogP contribution in [0.3, 0.4) is 0 Å². The third-order valence-corrected chi connectivity index (χ3v) is 6.49. The molecule has 130 valence electrons. The van der Waals surface area contributed by atoms with E-state index in [2.05, 4.69) is 26.0 Å². The van der Waals surface area contributed by atoms with Gasteiger partial charge in [0.15, 0.2) is 0 Å². The quantitative estimate of drug-likeness (QED) is 0.343. The molecule has 0 spiro atoms. The molecule has 0 bridgehead atoms. The Balaban J connectivity index is 1.86. The number of hydrogen-bond donors (Lipinski definition) is 0. The number of allylic oxidation sites excluding steroid dienone is 2. The van der Waals surface area contributed by atoms with Crippen LogP contribution in [0.15, 0.2) is 11.6 Å². The molecule has 0 aliphatic heterocycles. The van der Waals surface area contributed by atoms with Crippen LogP contribution in [-0.4, -0.2) is 0 Å². The summed E-state index contributed by atoms with van der Waals surface area (Å²) in [6, 6.07) is 2.76. The monoisotopic (exact) mass is 315 g/mol. The van der Waals surface area contributed by atoms with Crippen LogP contribution in [0.5, 0.6) is 0 Å². The maximum atomic E-state index is 9.90. The lowest BCUT2D eigenvalue weighted by atomic mass is 9.64. The van der Waals surface area contributed by atoms with E-state index in [0.29, 0.717) is 0 Å². The smallest absolute Gasteiger partial charge is 0.0782 e. The third kappa shape index (κ3) is 5.10. The topological polar surface area (TPSA) is 23.8 Å². The van der Waals surface area contributed by atoms with Gasteiger partial charge in [-0.2, -0.15) is 5.26 Å². The number of hydrogen-bond acceptors (Lipinski definition) is 1. The number of nitrogens with zero attached hydrogens (tertiary/aromatic N) is 1. The van der Waals surface area contributed by atoms with E-state index in [9.17, 15) is 5.26 Å². The first-order valence-corrected chi connectivity index (χ1v) is 10.3. The van der Waals surface area contributed by atoms with Crippen molar-refractivity contribution >= 4 is 0 Å². The molecule has 1 nitrogen and oxygen atoms in total. The number of rotatable bonds is 8. The summed E-state index contributed by atoms with van der Waals surface area (Å²) >= 11 is 0. The summed E-state index contributed by atoms with van der Waals surface area (Å²) in [7, 11) is 0. The Labute approximate surface area is 144 Å². The van der Waals surface area contributed by atoms with E-state index in [4.69, 9.17) is 0 Å². The second-order valence-corrected chi connectivity index (χ2v) is 8.15. The highest BCUT2D eigenvalue weighted by Gasteiger charge is 2.39. The predicted octanol–water partition coefficient (Wildman–Crippen LogP) is 7.18. The van der Waals surface area contributed by atoms with Crippen LogP contribution >= 0.6 is 0 Å². The molecular weight excluding hydrogens is 278 g/mol. The van der Waals surface area contributed by atoms with Crippen molar-refractivity contribution < 1.29 is 0 Å². The molecule has 1 saturated carbocycles. The van der Waals surface area contributed by atoms with Gasteiger partial charge in [0, 0.05) is 0 Å². The number of unbranched alkanes of at least 4 members (excludes halogenated alkanes) is 3. The molecule has 0 aromatic rings. The summed E-state index contributed by atoms with van der Waals surface area (Å²) < 4.78 is 0. The van der Waals surface area contributed by atoms with E-state index >= 15 is 0 Å². The second kappa shape index (κ2) is 9.51. The normalized spacial score (nSPS) is 31.4. The van der Waals surface area contributed by atoms with Crippen LogP contribution in [0.2, 0.25) is 0 Å². The van der Waals surface area contributed by atoms with Gasteiger partial charge in [-0.1, -0.05) is 70.4 Å². The van der Waals surface area contributed by atoms with Gasteiger partial charge in [-0.3, -0.25) is 0 Å². The minimum absolute atomic E-state index is 0.0862. The second-order valence-electron chi connectivity index (χ2n) is 8.15. The zero-order valence-corrected chi connectivity index (χ0v) is 15.6. The van der Waals surface area contributed by atoms with Gasteiger partial charge >= 0.3 is 0 Å². The molecule has 2 aliphatic carbocycles. The minimum Gasteiger partial charge on any atom is -0.197 e. The summed E-state index contributed by atoms with van der Waals surface area (Å²) in [4.78, 5) is 0. The largest absolute Gasteiger partial charge is 0.197 e. The molecule has 2 aliphatic rings. The summed E-state index contributed by atoms with van der Waals surface area (Å²) in [5, 5.41) is 9.90. The highest BCUT2D eigenvalue weighted by Crippen LogP contribution is 2.48. The lowest BCUT2D eigenvalue weighted by molar-refractivity contribution is 0.222. The summed E-state index contributed by atoms with van der Waals surface area (Å²) in [5.74, 6) is 1.78. The molecule has 0 radical (unpaired) electrons. The van der Waals surface area contributed by atoms with Crippen LogP contribution in [-0.2, 0) is 0 Å². The summed E-state index contributed by atoms with van der Waals surface area (Å²) in [6.07, 6.45) is 20.6. The molecule has 0 aromatic carbocycles. The molecular formula is C22H37N. The van der Waals surface area contributed by atoms with Gasteiger partial charge in [-0.05, 0) is 56.8 Å². The Bertz CT molecular complexity index is 406. The molecule has 2 rings (SSSR count). The standard InChI is InChI=1S/C22H37N/c1-3-5-7-9-19-10-12-21(13-11-19)22(18-23)16-14-20(15-17-22)8-6-4-2/h12,19-20H,3-11,13-17H2,1-2H3/t19-,20-,22+/m0/s1. The highest BCUT2D eigenvalue weighted by atomic mass is 14.4. The van der Waals surface area contributed by atoms with Crippen LogP contribution in [0.4, 0.5) is 0 Å². The fraction of sp³-hybridized carbons (Fsp3) is 0.864. The van der Waals surface area contributed by atoms with Crippen molar-refractivity contribution in [3.63, 3.8) is 0 Å². The lowest BCUT2D eigenvalue weighted by Gasteiger charge is -2.39. The third-order valence-electron chi connectivity index (χ3n) is 6.49. The molecule has 0 saturated heterocycles. The molecule has 0 N–H and O–H groups in total. The average Bonchev–Trinajstić information content (AvgIpc) is 2.61. The highest BCUT2D eigenvalue weighted by molar-refractivity contribution is 5.26. The van der Waals surface area contributed by atoms with Gasteiger partial charge in [0.05, 0.1) is 11.5 Å². The van der Waals surface area contributed by atoms with Gasteiger partial charge in [0.25, 0.3) is 0 Å². The number of nitriles is 1. The Hall–Kier alpha value is -0.770. The first-order chi connectivity index (χ1) is 11.2. The summed E-state index contributed by atoms with van der Waals surface area (Å²) in [5.41, 5.74) is 1.43. The Morgan fingerprint density at radius 3 is 2.26 bits per heavy atom. The minimum atomic E-state index is -0.0862. The maximum absolute atomic E-state index is 9.90. The van der Waals surface area contributed by atoms with Gasteiger partial charge < -0.3 is 0 Å². The van der Waals surface area contributed by atoms with E-state index in [1.54, 1.807) is 0 Å². The van der Waals surface area contributed by atoms with E-state index < -0.39 is 0 Å². The van der Waals surface area contributed by atoms with Crippen LogP contribution < -0.4 is 0 Å². The SMILES string of the molecule is CCCCC[C@H]1CC=C([C@]2(C#N)CC[C@H](CCCC)CC2)CC1. The van der Waals surface area contributed by atoms with Crippen molar-refractivity contribution in [3.8, 4) is 6.07 Å². The van der Waals surface area contributed by atoms with Crippen molar-refractivity contribution in [1.82, 2.24) is 0 Å². The first kappa shape index (κ1) is 18.6. The van der Waals surface area contributed by atoms with E-state index in [0.717, 1.165) is 24.7 Å². The van der Waals surface area contributed by atoms with Crippen molar-refractivity contribution in [3.05, 3.63) is 11.6 Å². The molecule has 1 heteroatoms. The Kier molecular flexibility index (Phi) is 7.68. The van der Waals surface area contributed by atoms with Crippen molar-refractivity contribution in [1.29, 1.82) is 5.26 Å². The molecule has 0 unspecified atom stereocenters.